The van der Waals surface area contributed by atoms with E-state index in [-0.39, 0.29) is 5.91 Å². The molecule has 112 valence electrons. The van der Waals surface area contributed by atoms with Crippen molar-refractivity contribution in [3.63, 3.8) is 0 Å². The lowest BCUT2D eigenvalue weighted by molar-refractivity contribution is 0.0948. The van der Waals surface area contributed by atoms with Crippen LogP contribution in [0.5, 0.6) is 0 Å². The molecule has 1 aliphatic carbocycles. The van der Waals surface area contributed by atoms with Crippen molar-refractivity contribution in [3.05, 3.63) is 4.88 Å². The Morgan fingerprint density at radius 1 is 1.40 bits per heavy atom. The number of hydrogen-bond acceptors (Lipinski definition) is 5. The molecule has 1 fully saturated rings. The minimum atomic E-state index is -0.0908. The number of hydrogen-bond donors (Lipinski definition) is 3. The van der Waals surface area contributed by atoms with Gasteiger partial charge in [-0.1, -0.05) is 31.6 Å². The largest absolute Gasteiger partial charge is 0.382 e. The van der Waals surface area contributed by atoms with Gasteiger partial charge >= 0.3 is 0 Å². The zero-order chi connectivity index (χ0) is 14.6. The van der Waals surface area contributed by atoms with E-state index in [1.165, 1.54) is 37.0 Å². The Labute approximate surface area is 124 Å². The number of aromatic nitrogens is 1. The smallest absolute Gasteiger partial charge is 0.265 e. The lowest BCUT2D eigenvalue weighted by atomic mass is 10.0. The highest BCUT2D eigenvalue weighted by atomic mass is 32.1. The predicted octanol–water partition coefficient (Wildman–Crippen LogP) is 2.86. The van der Waals surface area contributed by atoms with Crippen molar-refractivity contribution in [3.8, 4) is 0 Å². The van der Waals surface area contributed by atoms with Crippen LogP contribution in [0.3, 0.4) is 0 Å². The van der Waals surface area contributed by atoms with Crippen molar-refractivity contribution >= 4 is 28.2 Å². The highest BCUT2D eigenvalue weighted by Gasteiger charge is 2.41. The molecule has 2 rings (SSSR count). The predicted molar refractivity (Wildman–Crippen MR) is 84.2 cm³/mol. The molecule has 4 N–H and O–H groups in total. The molecular formula is C14H24N4OS. The number of amides is 1. The third-order valence-electron chi connectivity index (χ3n) is 3.75. The molecule has 0 saturated heterocycles. The first-order valence-electron chi connectivity index (χ1n) is 7.38. The van der Waals surface area contributed by atoms with Gasteiger partial charge in [0.15, 0.2) is 5.13 Å². The fraction of sp³-hybridized carbons (Fsp3) is 0.714. The zero-order valence-electron chi connectivity index (χ0n) is 12.3. The first-order valence-corrected chi connectivity index (χ1v) is 8.20. The van der Waals surface area contributed by atoms with E-state index in [9.17, 15) is 4.79 Å². The number of carbonyl (C=O) groups excluding carboxylic acids is 1. The molecular weight excluding hydrogens is 272 g/mol. The van der Waals surface area contributed by atoms with Gasteiger partial charge in [-0.2, -0.15) is 0 Å². The number of nitrogens with two attached hydrogens (primary N) is 1. The first kappa shape index (κ1) is 15.1. The lowest BCUT2D eigenvalue weighted by Gasteiger charge is -2.14. The second-order valence-corrected chi connectivity index (χ2v) is 6.59. The SMILES string of the molecule is CCCNc1nc(N)c(C(=O)NCC2(CCC)CC2)s1. The van der Waals surface area contributed by atoms with Crippen LogP contribution in [0.2, 0.25) is 0 Å². The maximum absolute atomic E-state index is 12.2. The second-order valence-electron chi connectivity index (χ2n) is 5.59. The van der Waals surface area contributed by atoms with Crippen LogP contribution in [-0.2, 0) is 0 Å². The summed E-state index contributed by atoms with van der Waals surface area (Å²) in [6.45, 7) is 5.87. The molecule has 0 spiro atoms. The minimum absolute atomic E-state index is 0.0908. The van der Waals surface area contributed by atoms with Gasteiger partial charge in [-0.25, -0.2) is 4.98 Å². The summed E-state index contributed by atoms with van der Waals surface area (Å²) in [4.78, 5) is 16.9. The number of thiazole rings is 1. The number of nitrogen functional groups attached to an aromatic ring is 1. The monoisotopic (exact) mass is 296 g/mol. The fourth-order valence-electron chi connectivity index (χ4n) is 2.37. The molecule has 1 saturated carbocycles. The van der Waals surface area contributed by atoms with E-state index in [1.54, 1.807) is 0 Å². The molecule has 1 aromatic rings. The van der Waals surface area contributed by atoms with Crippen molar-refractivity contribution < 1.29 is 4.79 Å². The van der Waals surface area contributed by atoms with Crippen LogP contribution in [0.15, 0.2) is 0 Å². The molecule has 0 bridgehead atoms. The summed E-state index contributed by atoms with van der Waals surface area (Å²) < 4.78 is 0. The average molecular weight is 296 g/mol. The van der Waals surface area contributed by atoms with Gasteiger partial charge in [0.1, 0.15) is 10.7 Å². The standard InChI is InChI=1S/C14H24N4OS/c1-3-5-14(6-7-14)9-17-12(19)10-11(15)18-13(20-10)16-8-4-2/h3-9,15H2,1-2H3,(H,16,18)(H,17,19). The van der Waals surface area contributed by atoms with E-state index in [2.05, 4.69) is 29.5 Å². The topological polar surface area (TPSA) is 80.0 Å². The normalized spacial score (nSPS) is 15.9. The van der Waals surface area contributed by atoms with Gasteiger partial charge in [-0.3, -0.25) is 4.79 Å². The van der Waals surface area contributed by atoms with Crippen LogP contribution in [0, 0.1) is 5.41 Å². The van der Waals surface area contributed by atoms with E-state index in [1.807, 2.05) is 0 Å². The number of carbonyl (C=O) groups is 1. The highest BCUT2D eigenvalue weighted by Crippen LogP contribution is 2.49. The van der Waals surface area contributed by atoms with E-state index in [0.717, 1.165) is 24.6 Å². The second kappa shape index (κ2) is 6.43. The molecule has 0 unspecified atom stereocenters. The molecule has 0 radical (unpaired) electrons. The number of nitrogens with zero attached hydrogens (tertiary/aromatic N) is 1. The molecule has 5 nitrogen and oxygen atoms in total. The number of rotatable bonds is 8. The molecule has 6 heteroatoms. The van der Waals surface area contributed by atoms with Gasteiger partial charge in [-0.15, -0.1) is 0 Å². The summed E-state index contributed by atoms with van der Waals surface area (Å²) >= 11 is 1.33. The summed E-state index contributed by atoms with van der Waals surface area (Å²) in [5.41, 5.74) is 6.18. The molecule has 0 aliphatic heterocycles. The van der Waals surface area contributed by atoms with Gasteiger partial charge in [0.05, 0.1) is 0 Å². The summed E-state index contributed by atoms with van der Waals surface area (Å²) in [5, 5.41) is 6.91. The lowest BCUT2D eigenvalue weighted by Crippen LogP contribution is -2.30. The van der Waals surface area contributed by atoms with Crippen molar-refractivity contribution in [2.45, 2.75) is 46.0 Å². The molecule has 0 atom stereocenters. The number of nitrogens with one attached hydrogen (secondary N) is 2. The zero-order valence-corrected chi connectivity index (χ0v) is 13.1. The van der Waals surface area contributed by atoms with Crippen molar-refractivity contribution in [2.75, 3.05) is 24.1 Å². The molecule has 1 aliphatic rings. The summed E-state index contributed by atoms with van der Waals surface area (Å²) in [6.07, 6.45) is 5.82. The minimum Gasteiger partial charge on any atom is -0.382 e. The van der Waals surface area contributed by atoms with Gasteiger partial charge in [-0.05, 0) is 31.1 Å². The Bertz CT molecular complexity index is 468. The van der Waals surface area contributed by atoms with E-state index in [4.69, 9.17) is 5.73 Å². The Morgan fingerprint density at radius 3 is 2.75 bits per heavy atom. The van der Waals surface area contributed by atoms with E-state index in [0.29, 0.717) is 16.1 Å². The molecule has 20 heavy (non-hydrogen) atoms. The third-order valence-corrected chi connectivity index (χ3v) is 4.77. The highest BCUT2D eigenvalue weighted by molar-refractivity contribution is 7.18. The Balaban J connectivity index is 1.90. The third kappa shape index (κ3) is 3.62. The Morgan fingerprint density at radius 2 is 2.15 bits per heavy atom. The van der Waals surface area contributed by atoms with Crippen LogP contribution < -0.4 is 16.4 Å². The van der Waals surface area contributed by atoms with Gasteiger partial charge in [0.2, 0.25) is 0 Å². The summed E-state index contributed by atoms with van der Waals surface area (Å²) in [6, 6.07) is 0. The van der Waals surface area contributed by atoms with Crippen LogP contribution in [0.25, 0.3) is 0 Å². The Kier molecular flexibility index (Phi) is 4.86. The molecule has 1 heterocycles. The number of anilines is 2. The van der Waals surface area contributed by atoms with E-state index < -0.39 is 0 Å². The molecule has 0 aromatic carbocycles. The first-order chi connectivity index (χ1) is 9.60. The van der Waals surface area contributed by atoms with Crippen molar-refractivity contribution in [1.29, 1.82) is 0 Å². The van der Waals surface area contributed by atoms with E-state index >= 15 is 0 Å². The average Bonchev–Trinajstić information content (AvgIpc) is 3.09. The maximum atomic E-state index is 12.2. The maximum Gasteiger partial charge on any atom is 0.265 e. The van der Waals surface area contributed by atoms with Gasteiger partial charge in [0.25, 0.3) is 5.91 Å². The molecule has 1 aromatic heterocycles. The quantitative estimate of drug-likeness (QED) is 0.689. The molecule has 1 amide bonds. The van der Waals surface area contributed by atoms with Gasteiger partial charge in [0, 0.05) is 13.1 Å². The van der Waals surface area contributed by atoms with Crippen molar-refractivity contribution in [1.82, 2.24) is 10.3 Å². The summed E-state index contributed by atoms with van der Waals surface area (Å²) in [7, 11) is 0. The Hall–Kier alpha value is -1.30. The van der Waals surface area contributed by atoms with Gasteiger partial charge < -0.3 is 16.4 Å². The van der Waals surface area contributed by atoms with Crippen LogP contribution in [-0.4, -0.2) is 24.0 Å². The summed E-state index contributed by atoms with van der Waals surface area (Å²) in [5.74, 6) is 0.235. The van der Waals surface area contributed by atoms with Crippen molar-refractivity contribution in [2.24, 2.45) is 5.41 Å². The van der Waals surface area contributed by atoms with Crippen LogP contribution in [0.1, 0.15) is 55.6 Å². The van der Waals surface area contributed by atoms with Crippen LogP contribution >= 0.6 is 11.3 Å². The van der Waals surface area contributed by atoms with Crippen LogP contribution in [0.4, 0.5) is 10.9 Å². The fourth-order valence-corrected chi connectivity index (χ4v) is 3.20.